The molecule has 0 aliphatic carbocycles. The van der Waals surface area contributed by atoms with Gasteiger partial charge in [0, 0.05) is 33.8 Å². The van der Waals surface area contributed by atoms with Gasteiger partial charge in [-0.25, -0.2) is 0 Å². The standard InChI is InChI=1S/C11H23N3O.HI/c1-11(2)5-7-14(9-11)10(12-3)13-6-8-15-4;/h5-9H2,1-4H3,(H,12,13);1H. The Hall–Kier alpha value is -0.0400. The molecule has 1 N–H and O–H groups in total. The van der Waals surface area contributed by atoms with Crippen LogP contribution in [0.15, 0.2) is 4.99 Å². The van der Waals surface area contributed by atoms with E-state index in [-0.39, 0.29) is 24.0 Å². The van der Waals surface area contributed by atoms with Crippen molar-refractivity contribution in [3.05, 3.63) is 0 Å². The van der Waals surface area contributed by atoms with E-state index in [1.54, 1.807) is 7.11 Å². The third-order valence-electron chi connectivity index (χ3n) is 2.78. The number of hydrogen-bond acceptors (Lipinski definition) is 2. The molecule has 0 amide bonds. The van der Waals surface area contributed by atoms with Crippen molar-refractivity contribution < 1.29 is 4.74 Å². The fourth-order valence-corrected chi connectivity index (χ4v) is 1.89. The van der Waals surface area contributed by atoms with E-state index in [9.17, 15) is 0 Å². The number of methoxy groups -OCH3 is 1. The van der Waals surface area contributed by atoms with E-state index in [4.69, 9.17) is 4.74 Å². The molecule has 0 aromatic rings. The van der Waals surface area contributed by atoms with Gasteiger partial charge in [-0.2, -0.15) is 0 Å². The zero-order valence-corrected chi connectivity index (χ0v) is 13.1. The first kappa shape index (κ1) is 16.0. The summed E-state index contributed by atoms with van der Waals surface area (Å²) in [6.07, 6.45) is 1.23. The fourth-order valence-electron chi connectivity index (χ4n) is 1.89. The molecule has 0 radical (unpaired) electrons. The van der Waals surface area contributed by atoms with Crippen LogP contribution in [0.1, 0.15) is 20.3 Å². The largest absolute Gasteiger partial charge is 0.383 e. The number of aliphatic imine (C=N–C) groups is 1. The van der Waals surface area contributed by atoms with E-state index >= 15 is 0 Å². The Balaban J connectivity index is 0.00000225. The molecule has 0 bridgehead atoms. The molecule has 0 aromatic carbocycles. The lowest BCUT2D eigenvalue weighted by Gasteiger charge is -2.23. The summed E-state index contributed by atoms with van der Waals surface area (Å²) in [4.78, 5) is 6.60. The van der Waals surface area contributed by atoms with Crippen molar-refractivity contribution in [2.24, 2.45) is 10.4 Å². The molecule has 0 aromatic heterocycles. The van der Waals surface area contributed by atoms with Crippen LogP contribution >= 0.6 is 24.0 Å². The van der Waals surface area contributed by atoms with Gasteiger partial charge in [-0.15, -0.1) is 24.0 Å². The summed E-state index contributed by atoms with van der Waals surface area (Å²) in [6.45, 7) is 8.32. The summed E-state index contributed by atoms with van der Waals surface area (Å²) in [5.41, 5.74) is 0.416. The first-order valence-corrected chi connectivity index (χ1v) is 5.53. The van der Waals surface area contributed by atoms with Crippen LogP contribution in [-0.2, 0) is 4.74 Å². The van der Waals surface area contributed by atoms with Gasteiger partial charge in [-0.3, -0.25) is 4.99 Å². The van der Waals surface area contributed by atoms with Crippen molar-refractivity contribution in [2.75, 3.05) is 40.4 Å². The van der Waals surface area contributed by atoms with Gasteiger partial charge in [-0.05, 0) is 11.8 Å². The highest BCUT2D eigenvalue weighted by molar-refractivity contribution is 14.0. The summed E-state index contributed by atoms with van der Waals surface area (Å²) >= 11 is 0. The highest BCUT2D eigenvalue weighted by Gasteiger charge is 2.30. The molecule has 16 heavy (non-hydrogen) atoms. The number of rotatable bonds is 3. The number of nitrogens with zero attached hydrogens (tertiary/aromatic N) is 2. The Morgan fingerprint density at radius 2 is 2.19 bits per heavy atom. The molecule has 0 unspecified atom stereocenters. The van der Waals surface area contributed by atoms with Crippen LogP contribution in [-0.4, -0.2) is 51.3 Å². The quantitative estimate of drug-likeness (QED) is 0.366. The fraction of sp³-hybridized carbons (Fsp3) is 0.909. The van der Waals surface area contributed by atoms with Gasteiger partial charge in [0.25, 0.3) is 0 Å². The average molecular weight is 341 g/mol. The molecule has 0 spiro atoms. The lowest BCUT2D eigenvalue weighted by molar-refractivity contribution is 0.202. The molecular weight excluding hydrogens is 317 g/mol. The van der Waals surface area contributed by atoms with Crippen LogP contribution in [0.2, 0.25) is 0 Å². The predicted molar refractivity (Wildman–Crippen MR) is 78.6 cm³/mol. The van der Waals surface area contributed by atoms with Gasteiger partial charge in [0.2, 0.25) is 0 Å². The summed E-state index contributed by atoms with van der Waals surface area (Å²) in [5.74, 6) is 0.998. The van der Waals surface area contributed by atoms with Crippen LogP contribution < -0.4 is 5.32 Å². The number of likely N-dealkylation sites (tertiary alicyclic amines) is 1. The number of ether oxygens (including phenoxy) is 1. The van der Waals surface area contributed by atoms with Crippen LogP contribution in [0.5, 0.6) is 0 Å². The maximum atomic E-state index is 5.00. The van der Waals surface area contributed by atoms with Crippen molar-refractivity contribution >= 4 is 29.9 Å². The highest BCUT2D eigenvalue weighted by atomic mass is 127. The minimum atomic E-state index is 0. The van der Waals surface area contributed by atoms with E-state index in [2.05, 4.69) is 29.1 Å². The van der Waals surface area contributed by atoms with E-state index < -0.39 is 0 Å². The normalized spacial score (nSPS) is 19.5. The smallest absolute Gasteiger partial charge is 0.193 e. The molecule has 96 valence electrons. The number of hydrogen-bond donors (Lipinski definition) is 1. The summed E-state index contributed by atoms with van der Waals surface area (Å²) < 4.78 is 5.00. The molecule has 5 heteroatoms. The van der Waals surface area contributed by atoms with Crippen LogP contribution in [0.3, 0.4) is 0 Å². The minimum Gasteiger partial charge on any atom is -0.383 e. The van der Waals surface area contributed by atoms with E-state index in [0.29, 0.717) is 5.41 Å². The van der Waals surface area contributed by atoms with Crippen molar-refractivity contribution in [3.63, 3.8) is 0 Å². The van der Waals surface area contributed by atoms with Gasteiger partial charge in [-0.1, -0.05) is 13.8 Å². The summed E-state index contributed by atoms with van der Waals surface area (Å²) in [7, 11) is 3.55. The second-order valence-corrected chi connectivity index (χ2v) is 4.80. The summed E-state index contributed by atoms with van der Waals surface area (Å²) in [5, 5.41) is 3.30. The monoisotopic (exact) mass is 341 g/mol. The number of guanidine groups is 1. The second-order valence-electron chi connectivity index (χ2n) is 4.80. The van der Waals surface area contributed by atoms with Crippen molar-refractivity contribution in [1.29, 1.82) is 0 Å². The predicted octanol–water partition coefficient (Wildman–Crippen LogP) is 1.56. The van der Waals surface area contributed by atoms with Crippen molar-refractivity contribution in [1.82, 2.24) is 10.2 Å². The van der Waals surface area contributed by atoms with Crippen LogP contribution in [0, 0.1) is 5.41 Å². The summed E-state index contributed by atoms with van der Waals surface area (Å²) in [6, 6.07) is 0. The van der Waals surface area contributed by atoms with Gasteiger partial charge in [0.15, 0.2) is 5.96 Å². The number of halogens is 1. The molecule has 0 atom stereocenters. The third-order valence-corrected chi connectivity index (χ3v) is 2.78. The average Bonchev–Trinajstić information content (AvgIpc) is 2.54. The molecule has 0 saturated carbocycles. The number of nitrogens with one attached hydrogen (secondary N) is 1. The van der Waals surface area contributed by atoms with Gasteiger partial charge in [0.05, 0.1) is 6.61 Å². The van der Waals surface area contributed by atoms with E-state index in [1.807, 2.05) is 7.05 Å². The first-order chi connectivity index (χ1) is 7.09. The minimum absolute atomic E-state index is 0. The Bertz CT molecular complexity index is 231. The van der Waals surface area contributed by atoms with Crippen LogP contribution in [0.25, 0.3) is 0 Å². The Labute approximate surface area is 116 Å². The van der Waals surface area contributed by atoms with E-state index in [0.717, 1.165) is 32.2 Å². The zero-order chi connectivity index (χ0) is 11.3. The Kier molecular flexibility index (Phi) is 7.30. The molecule has 1 heterocycles. The lowest BCUT2D eigenvalue weighted by Crippen LogP contribution is -2.41. The zero-order valence-electron chi connectivity index (χ0n) is 10.7. The molecule has 1 rings (SSSR count). The Morgan fingerprint density at radius 1 is 1.50 bits per heavy atom. The highest BCUT2D eigenvalue weighted by Crippen LogP contribution is 2.28. The van der Waals surface area contributed by atoms with E-state index in [1.165, 1.54) is 6.42 Å². The first-order valence-electron chi connectivity index (χ1n) is 5.53. The topological polar surface area (TPSA) is 36.9 Å². The molecule has 4 nitrogen and oxygen atoms in total. The van der Waals surface area contributed by atoms with Gasteiger partial charge < -0.3 is 15.0 Å². The molecule has 1 fully saturated rings. The SMILES string of the molecule is CN=C(NCCOC)N1CCC(C)(C)C1.I. The molecular formula is C11H24IN3O. The van der Waals surface area contributed by atoms with Gasteiger partial charge >= 0.3 is 0 Å². The van der Waals surface area contributed by atoms with Crippen molar-refractivity contribution in [2.45, 2.75) is 20.3 Å². The third kappa shape index (κ3) is 4.86. The maximum Gasteiger partial charge on any atom is 0.193 e. The molecule has 1 aliphatic rings. The lowest BCUT2D eigenvalue weighted by atomic mass is 9.93. The molecule has 1 saturated heterocycles. The van der Waals surface area contributed by atoms with Gasteiger partial charge in [0.1, 0.15) is 0 Å². The second kappa shape index (κ2) is 7.32. The maximum absolute atomic E-state index is 5.00. The Morgan fingerprint density at radius 3 is 2.62 bits per heavy atom. The molecule has 1 aliphatic heterocycles. The van der Waals surface area contributed by atoms with Crippen LogP contribution in [0.4, 0.5) is 0 Å². The van der Waals surface area contributed by atoms with Crippen molar-refractivity contribution in [3.8, 4) is 0 Å².